The summed E-state index contributed by atoms with van der Waals surface area (Å²) < 4.78 is 0. The summed E-state index contributed by atoms with van der Waals surface area (Å²) in [5.74, 6) is 2.67. The van der Waals surface area contributed by atoms with Gasteiger partial charge in [-0.25, -0.2) is 0 Å². The van der Waals surface area contributed by atoms with Gasteiger partial charge in [0.1, 0.15) is 0 Å². The van der Waals surface area contributed by atoms with E-state index in [2.05, 4.69) is 31.9 Å². The van der Waals surface area contributed by atoms with Crippen molar-refractivity contribution in [2.75, 3.05) is 0 Å². The van der Waals surface area contributed by atoms with Gasteiger partial charge in [-0.1, -0.05) is 25.8 Å². The molecule has 0 nitrogen and oxygen atoms in total. The molecular formula is C12H13. The summed E-state index contributed by atoms with van der Waals surface area (Å²) in [7, 11) is 0. The van der Waals surface area contributed by atoms with E-state index in [0.717, 1.165) is 18.4 Å². The van der Waals surface area contributed by atoms with Gasteiger partial charge in [-0.15, -0.1) is 6.42 Å². The maximum absolute atomic E-state index is 5.35. The Bertz CT molecular complexity index is 302. The van der Waals surface area contributed by atoms with Crippen molar-refractivity contribution in [2.24, 2.45) is 0 Å². The van der Waals surface area contributed by atoms with Crippen molar-refractivity contribution in [3.8, 4) is 12.3 Å². The zero-order chi connectivity index (χ0) is 8.97. The summed E-state index contributed by atoms with van der Waals surface area (Å²) in [4.78, 5) is 0. The Balaban J connectivity index is 3.13. The van der Waals surface area contributed by atoms with Gasteiger partial charge in [0.05, 0.1) is 0 Å². The molecule has 12 heavy (non-hydrogen) atoms. The second-order valence-electron chi connectivity index (χ2n) is 2.75. The molecule has 0 aliphatic rings. The number of aryl methyl sites for hydroxylation is 2. The first-order valence-corrected chi connectivity index (χ1v) is 4.31. The average Bonchev–Trinajstić information content (AvgIpc) is 2.16. The fourth-order valence-corrected chi connectivity index (χ4v) is 1.22. The van der Waals surface area contributed by atoms with Gasteiger partial charge in [-0.3, -0.25) is 0 Å². The molecule has 0 aromatic heterocycles. The Labute approximate surface area is 74.6 Å². The summed E-state index contributed by atoms with van der Waals surface area (Å²) in [5.41, 5.74) is 3.48. The first-order chi connectivity index (χ1) is 5.81. The molecular weight excluding hydrogens is 144 g/mol. The number of benzene rings is 1. The Morgan fingerprint density at radius 2 is 2.17 bits per heavy atom. The number of terminal acetylenes is 1. The van der Waals surface area contributed by atoms with Crippen LogP contribution in [0.2, 0.25) is 0 Å². The van der Waals surface area contributed by atoms with Crippen LogP contribution < -0.4 is 0 Å². The second kappa shape index (κ2) is 3.97. The lowest BCUT2D eigenvalue weighted by molar-refractivity contribution is 1.08. The lowest BCUT2D eigenvalue weighted by atomic mass is 10.0. The van der Waals surface area contributed by atoms with Crippen molar-refractivity contribution in [1.29, 1.82) is 0 Å². The highest BCUT2D eigenvalue weighted by atomic mass is 14.0. The molecule has 0 amide bonds. The van der Waals surface area contributed by atoms with Crippen LogP contribution in [-0.2, 0) is 12.8 Å². The average molecular weight is 157 g/mol. The molecule has 0 saturated heterocycles. The topological polar surface area (TPSA) is 0 Å². The zero-order valence-corrected chi connectivity index (χ0v) is 7.65. The van der Waals surface area contributed by atoms with Crippen LogP contribution in [0.25, 0.3) is 0 Å². The number of rotatable bonds is 2. The van der Waals surface area contributed by atoms with Crippen LogP contribution >= 0.6 is 0 Å². The minimum absolute atomic E-state index is 0.981. The monoisotopic (exact) mass is 157 g/mol. The van der Waals surface area contributed by atoms with E-state index in [9.17, 15) is 0 Å². The fourth-order valence-electron chi connectivity index (χ4n) is 1.22. The van der Waals surface area contributed by atoms with Crippen LogP contribution in [0.15, 0.2) is 12.1 Å². The SMILES string of the molecule is C#Cc1c[c]c(CC)cc1CC. The van der Waals surface area contributed by atoms with Crippen molar-refractivity contribution in [1.82, 2.24) is 0 Å². The molecule has 0 saturated carbocycles. The van der Waals surface area contributed by atoms with Gasteiger partial charge >= 0.3 is 0 Å². The summed E-state index contributed by atoms with van der Waals surface area (Å²) in [6, 6.07) is 7.23. The smallest absolute Gasteiger partial charge is 0.0280 e. The van der Waals surface area contributed by atoms with Crippen LogP contribution in [0.3, 0.4) is 0 Å². The molecule has 1 aromatic carbocycles. The molecule has 1 rings (SSSR count). The summed E-state index contributed by atoms with van der Waals surface area (Å²) in [5, 5.41) is 0. The molecule has 0 atom stereocenters. The van der Waals surface area contributed by atoms with Gasteiger partial charge in [0, 0.05) is 5.56 Å². The predicted molar refractivity (Wildman–Crippen MR) is 52.0 cm³/mol. The molecule has 1 aromatic rings. The van der Waals surface area contributed by atoms with Gasteiger partial charge in [-0.05, 0) is 36.1 Å². The van der Waals surface area contributed by atoms with Gasteiger partial charge < -0.3 is 0 Å². The fraction of sp³-hybridized carbons (Fsp3) is 0.333. The summed E-state index contributed by atoms with van der Waals surface area (Å²) in [6.45, 7) is 4.25. The summed E-state index contributed by atoms with van der Waals surface area (Å²) >= 11 is 0. The number of hydrogen-bond acceptors (Lipinski definition) is 0. The van der Waals surface area contributed by atoms with E-state index in [0.29, 0.717) is 0 Å². The molecule has 0 bridgehead atoms. The lowest BCUT2D eigenvalue weighted by Crippen LogP contribution is -1.90. The first-order valence-electron chi connectivity index (χ1n) is 4.31. The Morgan fingerprint density at radius 3 is 2.67 bits per heavy atom. The van der Waals surface area contributed by atoms with Crippen LogP contribution in [0.4, 0.5) is 0 Å². The molecule has 0 fully saturated rings. The van der Waals surface area contributed by atoms with Crippen molar-refractivity contribution in [3.05, 3.63) is 34.9 Å². The van der Waals surface area contributed by atoms with Gasteiger partial charge in [0.2, 0.25) is 0 Å². The first kappa shape index (κ1) is 8.87. The normalized spacial score (nSPS) is 9.42. The van der Waals surface area contributed by atoms with Crippen molar-refractivity contribution >= 4 is 0 Å². The van der Waals surface area contributed by atoms with E-state index < -0.39 is 0 Å². The predicted octanol–water partition coefficient (Wildman–Crippen LogP) is 2.59. The summed E-state index contributed by atoms with van der Waals surface area (Å²) in [6.07, 6.45) is 7.37. The molecule has 0 aliphatic heterocycles. The molecule has 0 heterocycles. The van der Waals surface area contributed by atoms with E-state index >= 15 is 0 Å². The van der Waals surface area contributed by atoms with E-state index in [1.807, 2.05) is 6.07 Å². The highest BCUT2D eigenvalue weighted by molar-refractivity contribution is 5.41. The Morgan fingerprint density at radius 1 is 1.42 bits per heavy atom. The van der Waals surface area contributed by atoms with Crippen molar-refractivity contribution in [3.63, 3.8) is 0 Å². The molecule has 0 N–H and O–H groups in total. The van der Waals surface area contributed by atoms with Crippen molar-refractivity contribution < 1.29 is 0 Å². The second-order valence-corrected chi connectivity index (χ2v) is 2.75. The van der Waals surface area contributed by atoms with Crippen molar-refractivity contribution in [2.45, 2.75) is 26.7 Å². The molecule has 1 radical (unpaired) electrons. The maximum atomic E-state index is 5.35. The van der Waals surface area contributed by atoms with E-state index in [4.69, 9.17) is 6.42 Å². The third-order valence-electron chi connectivity index (χ3n) is 2.01. The standard InChI is InChI=1S/C12H13/c1-4-10-7-8-11(5-2)12(6-3)9-10/h2,8-9H,4,6H2,1,3H3. The highest BCUT2D eigenvalue weighted by Gasteiger charge is 1.98. The quantitative estimate of drug-likeness (QED) is 0.579. The van der Waals surface area contributed by atoms with Crippen LogP contribution in [0.5, 0.6) is 0 Å². The van der Waals surface area contributed by atoms with Crippen LogP contribution in [0.1, 0.15) is 30.5 Å². The van der Waals surface area contributed by atoms with Gasteiger partial charge in [0.25, 0.3) is 0 Å². The minimum atomic E-state index is 0.981. The van der Waals surface area contributed by atoms with E-state index in [1.54, 1.807) is 0 Å². The van der Waals surface area contributed by atoms with Gasteiger partial charge in [0.15, 0.2) is 0 Å². The largest absolute Gasteiger partial charge is 0.115 e. The highest BCUT2D eigenvalue weighted by Crippen LogP contribution is 2.11. The Hall–Kier alpha value is -1.22. The van der Waals surface area contributed by atoms with E-state index in [-0.39, 0.29) is 0 Å². The number of hydrogen-bond donors (Lipinski definition) is 0. The maximum Gasteiger partial charge on any atom is 0.0280 e. The Kier molecular flexibility index (Phi) is 2.94. The molecule has 0 aliphatic carbocycles. The third kappa shape index (κ3) is 1.68. The lowest BCUT2D eigenvalue weighted by Gasteiger charge is -2.03. The molecule has 61 valence electrons. The molecule has 0 spiro atoms. The van der Waals surface area contributed by atoms with Crippen LogP contribution in [0, 0.1) is 18.4 Å². The minimum Gasteiger partial charge on any atom is -0.115 e. The van der Waals surface area contributed by atoms with Gasteiger partial charge in [-0.2, -0.15) is 0 Å². The van der Waals surface area contributed by atoms with E-state index in [1.165, 1.54) is 11.1 Å². The third-order valence-corrected chi connectivity index (χ3v) is 2.01. The zero-order valence-electron chi connectivity index (χ0n) is 7.65. The molecule has 0 unspecified atom stereocenters. The molecule has 0 heteroatoms. The van der Waals surface area contributed by atoms with Crippen LogP contribution in [-0.4, -0.2) is 0 Å².